The lowest BCUT2D eigenvalue weighted by molar-refractivity contribution is -0.137. The highest BCUT2D eigenvalue weighted by Gasteiger charge is 2.38. The van der Waals surface area contributed by atoms with Crippen LogP contribution in [0.1, 0.15) is 18.4 Å². The molecule has 3 heterocycles. The summed E-state index contributed by atoms with van der Waals surface area (Å²) in [4.78, 5) is 45.6. The van der Waals surface area contributed by atoms with Crippen LogP contribution in [0, 0.1) is 0 Å². The molecular formula is C21H21F3N4O3S. The molecule has 0 radical (unpaired) electrons. The van der Waals surface area contributed by atoms with Gasteiger partial charge in [0, 0.05) is 44.8 Å². The first-order valence-corrected chi connectivity index (χ1v) is 11.1. The van der Waals surface area contributed by atoms with Gasteiger partial charge in [0.25, 0.3) is 0 Å². The lowest BCUT2D eigenvalue weighted by Gasteiger charge is -2.36. The molecule has 1 aromatic carbocycles. The number of allylic oxidation sites excluding steroid dienone is 1. The largest absolute Gasteiger partial charge is 0.416 e. The number of imide groups is 1. The molecule has 0 aliphatic carbocycles. The van der Waals surface area contributed by atoms with E-state index in [9.17, 15) is 27.6 Å². The number of thioether (sulfide) groups is 1. The van der Waals surface area contributed by atoms with E-state index < -0.39 is 23.0 Å². The minimum absolute atomic E-state index is 0.105. The Balaban J connectivity index is 1.25. The number of nitrogens with zero attached hydrogens (tertiary/aromatic N) is 4. The molecule has 4 rings (SSSR count). The number of alkyl halides is 3. The van der Waals surface area contributed by atoms with Gasteiger partial charge in [-0.1, -0.05) is 6.07 Å². The molecule has 1 atom stereocenters. The number of fused-ring (bicyclic) bond motifs is 1. The average molecular weight is 466 g/mol. The molecule has 0 aromatic heterocycles. The predicted octanol–water partition coefficient (Wildman–Crippen LogP) is 3.17. The van der Waals surface area contributed by atoms with E-state index in [1.807, 2.05) is 4.90 Å². The fourth-order valence-corrected chi connectivity index (χ4v) is 4.77. The molecule has 1 saturated heterocycles. The Bertz CT molecular complexity index is 987. The SMILES string of the molecule is O=C(CCCN1C(=O)N=C2C=CSC2C1=O)N1CCN(c2cccc(C(F)(F)F)c2)CC1. The number of hydrogen-bond donors (Lipinski definition) is 0. The molecule has 32 heavy (non-hydrogen) atoms. The Morgan fingerprint density at radius 3 is 2.62 bits per heavy atom. The number of carbonyl (C=O) groups is 3. The minimum atomic E-state index is -4.40. The molecule has 11 heteroatoms. The molecule has 4 amide bonds. The lowest BCUT2D eigenvalue weighted by atomic mass is 10.1. The number of carbonyl (C=O) groups excluding carboxylic acids is 3. The van der Waals surface area contributed by atoms with Gasteiger partial charge < -0.3 is 9.80 Å². The summed E-state index contributed by atoms with van der Waals surface area (Å²) >= 11 is 1.31. The van der Waals surface area contributed by atoms with Gasteiger partial charge in [0.2, 0.25) is 11.8 Å². The van der Waals surface area contributed by atoms with Gasteiger partial charge >= 0.3 is 12.2 Å². The molecule has 3 aliphatic heterocycles. The molecule has 1 aromatic rings. The number of rotatable bonds is 5. The quantitative estimate of drug-likeness (QED) is 0.667. The van der Waals surface area contributed by atoms with Crippen molar-refractivity contribution in [2.45, 2.75) is 24.3 Å². The summed E-state index contributed by atoms with van der Waals surface area (Å²) in [5.41, 5.74) is 0.253. The third-order valence-electron chi connectivity index (χ3n) is 5.61. The second-order valence-corrected chi connectivity index (χ2v) is 8.66. The molecule has 0 saturated carbocycles. The minimum Gasteiger partial charge on any atom is -0.368 e. The van der Waals surface area contributed by atoms with Gasteiger partial charge in [0.1, 0.15) is 5.25 Å². The Labute approximate surface area is 186 Å². The smallest absolute Gasteiger partial charge is 0.368 e. The highest BCUT2D eigenvalue weighted by atomic mass is 32.2. The number of amides is 4. The van der Waals surface area contributed by atoms with Crippen LogP contribution in [-0.2, 0) is 15.8 Å². The van der Waals surface area contributed by atoms with Gasteiger partial charge in [0.15, 0.2) is 0 Å². The fourth-order valence-electron chi connectivity index (χ4n) is 3.88. The van der Waals surface area contributed by atoms with Crippen LogP contribution in [0.25, 0.3) is 0 Å². The Kier molecular flexibility index (Phi) is 6.27. The van der Waals surface area contributed by atoms with E-state index in [-0.39, 0.29) is 24.8 Å². The number of anilines is 1. The van der Waals surface area contributed by atoms with E-state index in [0.29, 0.717) is 44.0 Å². The van der Waals surface area contributed by atoms with Crippen molar-refractivity contribution in [3.05, 3.63) is 41.3 Å². The summed E-state index contributed by atoms with van der Waals surface area (Å²) in [7, 11) is 0. The summed E-state index contributed by atoms with van der Waals surface area (Å²) in [6, 6.07) is 4.57. The zero-order valence-corrected chi connectivity index (χ0v) is 17.9. The van der Waals surface area contributed by atoms with Crippen molar-refractivity contribution in [2.24, 2.45) is 4.99 Å². The number of hydrogen-bond acceptors (Lipinski definition) is 5. The molecule has 0 spiro atoms. The maximum absolute atomic E-state index is 12.9. The van der Waals surface area contributed by atoms with Gasteiger partial charge in [-0.3, -0.25) is 14.5 Å². The van der Waals surface area contributed by atoms with E-state index in [0.717, 1.165) is 17.0 Å². The fraction of sp³-hybridized carbons (Fsp3) is 0.429. The zero-order chi connectivity index (χ0) is 22.9. The van der Waals surface area contributed by atoms with Crippen LogP contribution in [0.5, 0.6) is 0 Å². The van der Waals surface area contributed by atoms with Crippen molar-refractivity contribution in [3.63, 3.8) is 0 Å². The highest BCUT2D eigenvalue weighted by Crippen LogP contribution is 2.32. The molecular weight excluding hydrogens is 445 g/mol. The molecule has 7 nitrogen and oxygen atoms in total. The maximum Gasteiger partial charge on any atom is 0.416 e. The maximum atomic E-state index is 12.9. The molecule has 1 unspecified atom stereocenters. The van der Waals surface area contributed by atoms with Gasteiger partial charge in [-0.25, -0.2) is 4.79 Å². The van der Waals surface area contributed by atoms with Crippen molar-refractivity contribution in [1.82, 2.24) is 9.80 Å². The van der Waals surface area contributed by atoms with Crippen LogP contribution in [0.2, 0.25) is 0 Å². The third-order valence-corrected chi connectivity index (χ3v) is 6.62. The first-order valence-electron chi connectivity index (χ1n) is 10.2. The summed E-state index contributed by atoms with van der Waals surface area (Å²) in [5.74, 6) is -0.413. The van der Waals surface area contributed by atoms with Gasteiger partial charge in [-0.2, -0.15) is 18.2 Å². The monoisotopic (exact) mass is 466 g/mol. The Morgan fingerprint density at radius 1 is 1.16 bits per heavy atom. The number of urea groups is 1. The summed E-state index contributed by atoms with van der Waals surface area (Å²) < 4.78 is 38.8. The van der Waals surface area contributed by atoms with Crippen molar-refractivity contribution in [1.29, 1.82) is 0 Å². The van der Waals surface area contributed by atoms with Crippen molar-refractivity contribution in [2.75, 3.05) is 37.6 Å². The second-order valence-electron chi connectivity index (χ2n) is 7.65. The van der Waals surface area contributed by atoms with Crippen LogP contribution in [0.15, 0.2) is 40.7 Å². The summed E-state index contributed by atoms with van der Waals surface area (Å²) in [6.07, 6.45) is -2.23. The standard InChI is InChI=1S/C21H21F3N4O3S/c22-21(23,24)14-3-1-4-15(13-14)26-8-10-27(11-9-26)17(29)5-2-7-28-19(30)18-16(6-12-32-18)25-20(28)31/h1,3-4,6,12-13,18H,2,5,7-11H2. The number of piperazine rings is 1. The van der Waals surface area contributed by atoms with E-state index >= 15 is 0 Å². The van der Waals surface area contributed by atoms with Crippen LogP contribution in [0.3, 0.4) is 0 Å². The van der Waals surface area contributed by atoms with E-state index in [1.54, 1.807) is 22.5 Å². The topological polar surface area (TPSA) is 73.3 Å². The number of aliphatic imine (C=N–C) groups is 1. The van der Waals surface area contributed by atoms with Crippen molar-refractivity contribution >= 4 is 41.0 Å². The molecule has 0 bridgehead atoms. The second kappa shape index (κ2) is 8.97. The normalized spacial score (nSPS) is 21.2. The summed E-state index contributed by atoms with van der Waals surface area (Å²) in [5, 5.41) is 1.26. The van der Waals surface area contributed by atoms with Gasteiger partial charge in [0.05, 0.1) is 11.3 Å². The average Bonchev–Trinajstić information content (AvgIpc) is 3.24. The van der Waals surface area contributed by atoms with E-state index in [1.165, 1.54) is 17.8 Å². The number of halogens is 3. The molecule has 170 valence electrons. The number of benzene rings is 1. The molecule has 0 N–H and O–H groups in total. The van der Waals surface area contributed by atoms with Crippen LogP contribution >= 0.6 is 11.8 Å². The zero-order valence-electron chi connectivity index (χ0n) is 17.0. The summed E-state index contributed by atoms with van der Waals surface area (Å²) in [6.45, 7) is 1.78. The highest BCUT2D eigenvalue weighted by molar-refractivity contribution is 8.04. The van der Waals surface area contributed by atoms with Crippen molar-refractivity contribution in [3.8, 4) is 0 Å². The van der Waals surface area contributed by atoms with Crippen LogP contribution in [0.4, 0.5) is 23.7 Å². The van der Waals surface area contributed by atoms with Gasteiger partial charge in [-0.15, -0.1) is 11.8 Å². The lowest BCUT2D eigenvalue weighted by Crippen LogP contribution is -2.49. The Hall–Kier alpha value is -2.82. The first kappa shape index (κ1) is 22.4. The molecule has 3 aliphatic rings. The van der Waals surface area contributed by atoms with Crippen molar-refractivity contribution < 1.29 is 27.6 Å². The third kappa shape index (κ3) is 4.67. The molecule has 1 fully saturated rings. The van der Waals surface area contributed by atoms with Gasteiger partial charge in [-0.05, 0) is 36.1 Å². The first-order chi connectivity index (χ1) is 15.2. The predicted molar refractivity (Wildman–Crippen MR) is 115 cm³/mol. The van der Waals surface area contributed by atoms with E-state index in [2.05, 4.69) is 4.99 Å². The van der Waals surface area contributed by atoms with E-state index in [4.69, 9.17) is 0 Å². The Morgan fingerprint density at radius 2 is 1.91 bits per heavy atom. The van der Waals surface area contributed by atoms with Crippen LogP contribution < -0.4 is 4.90 Å². The van der Waals surface area contributed by atoms with Crippen LogP contribution in [-0.4, -0.2) is 71.3 Å².